The maximum Gasteiger partial charge on any atom is 1.00 e. The van der Waals surface area contributed by atoms with Crippen LogP contribution in [0.25, 0.3) is 0 Å². The number of halogens is 6. The van der Waals surface area contributed by atoms with Gasteiger partial charge in [-0.3, -0.25) is 0 Å². The first kappa shape index (κ1) is 13.3. The van der Waals surface area contributed by atoms with E-state index in [1.165, 1.54) is 0 Å². The van der Waals surface area contributed by atoms with Crippen molar-refractivity contribution in [2.45, 2.75) is 18.4 Å². The van der Waals surface area contributed by atoms with Crippen molar-refractivity contribution in [1.29, 1.82) is 0 Å². The quantitative estimate of drug-likeness (QED) is 0.420. The van der Waals surface area contributed by atoms with Crippen LogP contribution in [0.4, 0.5) is 26.1 Å². The minimum atomic E-state index is -5.28. The molecule has 1 saturated carbocycles. The van der Waals surface area contributed by atoms with Crippen molar-refractivity contribution in [2.75, 3.05) is 0 Å². The number of rotatable bonds is 1. The summed E-state index contributed by atoms with van der Waals surface area (Å²) < 4.78 is 69.3. The summed E-state index contributed by atoms with van der Waals surface area (Å²) in [4.78, 5) is 0. The standard InChI is InChI=1S/C4H4BF6.K/c6-4(7,8)2-1-3(2)5(9,10)11;/h2-3H,1H2;/q-1;+1. The molecule has 0 aromatic heterocycles. The fourth-order valence-electron chi connectivity index (χ4n) is 1.01. The molecule has 0 heterocycles. The van der Waals surface area contributed by atoms with Gasteiger partial charge in [-0.25, -0.2) is 0 Å². The minimum Gasteiger partial charge on any atom is -0.449 e. The molecule has 2 unspecified atom stereocenters. The Morgan fingerprint density at radius 2 is 1.50 bits per heavy atom. The van der Waals surface area contributed by atoms with Gasteiger partial charge in [0.15, 0.2) is 0 Å². The normalized spacial score (nSPS) is 29.5. The first-order valence-electron chi connectivity index (χ1n) is 2.99. The third kappa shape index (κ3) is 3.21. The molecule has 0 N–H and O–H groups in total. The predicted octanol–water partition coefficient (Wildman–Crippen LogP) is -0.210. The van der Waals surface area contributed by atoms with E-state index in [2.05, 4.69) is 0 Å². The number of hydrogen-bond donors (Lipinski definition) is 0. The molecule has 0 aromatic rings. The third-order valence-corrected chi connectivity index (χ3v) is 1.75. The monoisotopic (exact) mass is 216 g/mol. The van der Waals surface area contributed by atoms with Crippen LogP contribution in [0.1, 0.15) is 6.42 Å². The van der Waals surface area contributed by atoms with E-state index in [9.17, 15) is 26.1 Å². The molecule has 1 rings (SSSR count). The van der Waals surface area contributed by atoms with Gasteiger partial charge in [0.1, 0.15) is 0 Å². The molecule has 0 nitrogen and oxygen atoms in total. The Bertz CT molecular complexity index is 144. The summed E-state index contributed by atoms with van der Waals surface area (Å²) in [5.74, 6) is -4.21. The van der Waals surface area contributed by atoms with Gasteiger partial charge < -0.3 is 12.9 Å². The number of alkyl halides is 3. The second-order valence-corrected chi connectivity index (χ2v) is 2.67. The Morgan fingerprint density at radius 1 is 1.08 bits per heavy atom. The fraction of sp³-hybridized carbons (Fsp3) is 1.00. The molecule has 0 bridgehead atoms. The molecule has 12 heavy (non-hydrogen) atoms. The molecule has 0 spiro atoms. The van der Waals surface area contributed by atoms with Crippen molar-refractivity contribution < 1.29 is 77.5 Å². The van der Waals surface area contributed by atoms with Gasteiger partial charge in [-0.1, -0.05) is 12.2 Å². The summed E-state index contributed by atoms with van der Waals surface area (Å²) >= 11 is 0. The first-order chi connectivity index (χ1) is 4.73. The zero-order chi connectivity index (χ0) is 8.86. The van der Waals surface area contributed by atoms with E-state index in [1.54, 1.807) is 0 Å². The fourth-order valence-corrected chi connectivity index (χ4v) is 1.01. The van der Waals surface area contributed by atoms with Crippen LogP contribution < -0.4 is 51.4 Å². The molecule has 1 aliphatic carbocycles. The zero-order valence-corrected chi connectivity index (χ0v) is 9.33. The first-order valence-corrected chi connectivity index (χ1v) is 2.99. The Hall–Kier alpha value is 1.28. The third-order valence-electron chi connectivity index (χ3n) is 1.75. The molecule has 0 radical (unpaired) electrons. The predicted molar refractivity (Wildman–Crippen MR) is 27.0 cm³/mol. The van der Waals surface area contributed by atoms with Gasteiger partial charge in [-0.2, -0.15) is 13.2 Å². The van der Waals surface area contributed by atoms with Gasteiger partial charge in [0.25, 0.3) is 0 Å². The van der Waals surface area contributed by atoms with E-state index < -0.39 is 31.3 Å². The second-order valence-electron chi connectivity index (χ2n) is 2.67. The topological polar surface area (TPSA) is 0 Å². The summed E-state index contributed by atoms with van der Waals surface area (Å²) in [6, 6.07) is 0. The Balaban J connectivity index is 0.00000121. The van der Waals surface area contributed by atoms with Crippen molar-refractivity contribution in [3.63, 3.8) is 0 Å². The molecule has 0 saturated heterocycles. The molecule has 0 aromatic carbocycles. The Kier molecular flexibility index (Phi) is 4.21. The largest absolute Gasteiger partial charge is 1.00 e. The van der Waals surface area contributed by atoms with E-state index in [-0.39, 0.29) is 51.4 Å². The SMILES string of the molecule is F[B-](F)(F)C1CC1C(F)(F)F.[K+]. The van der Waals surface area contributed by atoms with Crippen LogP contribution in [-0.4, -0.2) is 13.2 Å². The van der Waals surface area contributed by atoms with Crippen LogP contribution in [0.5, 0.6) is 0 Å². The van der Waals surface area contributed by atoms with Gasteiger partial charge in [-0.15, -0.1) is 0 Å². The molecular formula is C4H4BF6K. The average molecular weight is 216 g/mol. The van der Waals surface area contributed by atoms with Gasteiger partial charge in [0.2, 0.25) is 0 Å². The second kappa shape index (κ2) is 3.80. The molecule has 0 aliphatic heterocycles. The summed E-state index contributed by atoms with van der Waals surface area (Å²) in [6.45, 7) is -5.28. The number of hydrogen-bond acceptors (Lipinski definition) is 0. The molecule has 0 amide bonds. The van der Waals surface area contributed by atoms with E-state index >= 15 is 0 Å². The van der Waals surface area contributed by atoms with Crippen LogP contribution in [-0.2, 0) is 0 Å². The van der Waals surface area contributed by atoms with Crippen molar-refractivity contribution in [2.24, 2.45) is 5.92 Å². The van der Waals surface area contributed by atoms with Crippen molar-refractivity contribution in [3.8, 4) is 0 Å². The van der Waals surface area contributed by atoms with Crippen LogP contribution >= 0.6 is 0 Å². The maximum absolute atomic E-state index is 11.6. The van der Waals surface area contributed by atoms with Gasteiger partial charge in [0, 0.05) is 5.92 Å². The van der Waals surface area contributed by atoms with E-state index in [4.69, 9.17) is 0 Å². The maximum atomic E-state index is 11.6. The summed E-state index contributed by atoms with van der Waals surface area (Å²) in [6.07, 6.45) is -5.44. The average Bonchev–Trinajstić information content (AvgIpc) is 2.30. The van der Waals surface area contributed by atoms with Crippen molar-refractivity contribution >= 4 is 6.98 Å². The van der Waals surface area contributed by atoms with Crippen LogP contribution in [0, 0.1) is 5.92 Å². The summed E-state index contributed by atoms with van der Waals surface area (Å²) in [5.41, 5.74) is 0. The van der Waals surface area contributed by atoms with Gasteiger partial charge in [0.05, 0.1) is 0 Å². The molecule has 8 heteroatoms. The summed E-state index contributed by atoms with van der Waals surface area (Å²) in [5, 5.41) is 0. The summed E-state index contributed by atoms with van der Waals surface area (Å²) in [7, 11) is 0. The molecule has 1 aliphatic rings. The van der Waals surface area contributed by atoms with Gasteiger partial charge >= 0.3 is 64.5 Å². The van der Waals surface area contributed by atoms with Crippen LogP contribution in [0.2, 0.25) is 5.82 Å². The zero-order valence-electron chi connectivity index (χ0n) is 6.21. The Morgan fingerprint density at radius 3 is 1.58 bits per heavy atom. The molecule has 66 valence electrons. The van der Waals surface area contributed by atoms with E-state index in [0.29, 0.717) is 0 Å². The molecule has 2 atom stereocenters. The molecular weight excluding hydrogens is 212 g/mol. The van der Waals surface area contributed by atoms with E-state index in [0.717, 1.165) is 0 Å². The van der Waals surface area contributed by atoms with Crippen LogP contribution in [0.3, 0.4) is 0 Å². The van der Waals surface area contributed by atoms with Crippen molar-refractivity contribution in [1.82, 2.24) is 0 Å². The van der Waals surface area contributed by atoms with Gasteiger partial charge in [-0.05, 0) is 0 Å². The van der Waals surface area contributed by atoms with Crippen LogP contribution in [0.15, 0.2) is 0 Å². The van der Waals surface area contributed by atoms with Crippen molar-refractivity contribution in [3.05, 3.63) is 0 Å². The molecule has 1 fully saturated rings. The van der Waals surface area contributed by atoms with E-state index in [1.807, 2.05) is 0 Å². The Labute approximate surface area is 108 Å². The smallest absolute Gasteiger partial charge is 0.449 e. The minimum absolute atomic E-state index is 0.